The van der Waals surface area contributed by atoms with E-state index in [1.807, 2.05) is 6.92 Å². The molecular formula is C12H11BrN4O3. The Hall–Kier alpha value is -2.22. The van der Waals surface area contributed by atoms with Crippen molar-refractivity contribution in [3.05, 3.63) is 44.7 Å². The first-order valence-corrected chi connectivity index (χ1v) is 6.54. The first-order valence-electron chi connectivity index (χ1n) is 5.75. The van der Waals surface area contributed by atoms with Crippen LogP contribution >= 0.6 is 15.9 Å². The number of aromatic nitrogens is 2. The van der Waals surface area contributed by atoms with Gasteiger partial charge in [-0.25, -0.2) is 4.98 Å². The maximum absolute atomic E-state index is 10.9. The Balaban J connectivity index is 2.37. The van der Waals surface area contributed by atoms with Crippen LogP contribution < -0.4 is 10.5 Å². The highest BCUT2D eigenvalue weighted by Gasteiger charge is 2.17. The second-order valence-electron chi connectivity index (χ2n) is 3.85. The van der Waals surface area contributed by atoms with Crippen LogP contribution in [0.25, 0.3) is 0 Å². The zero-order valence-corrected chi connectivity index (χ0v) is 12.1. The Morgan fingerprint density at radius 1 is 1.45 bits per heavy atom. The van der Waals surface area contributed by atoms with Crippen LogP contribution in [-0.2, 0) is 6.42 Å². The third-order valence-electron chi connectivity index (χ3n) is 2.44. The third-order valence-corrected chi connectivity index (χ3v) is 3.24. The van der Waals surface area contributed by atoms with Crippen molar-refractivity contribution in [2.75, 3.05) is 5.73 Å². The lowest BCUT2D eigenvalue weighted by Gasteiger charge is -2.08. The first-order chi connectivity index (χ1) is 9.51. The van der Waals surface area contributed by atoms with Gasteiger partial charge in [-0.15, -0.1) is 0 Å². The van der Waals surface area contributed by atoms with Gasteiger partial charge in [-0.05, 0) is 22.0 Å². The number of nitro benzene ring substituents is 1. The molecule has 0 bridgehead atoms. The summed E-state index contributed by atoms with van der Waals surface area (Å²) in [4.78, 5) is 18.5. The maximum Gasteiger partial charge on any atom is 0.287 e. The van der Waals surface area contributed by atoms with Gasteiger partial charge in [-0.1, -0.05) is 13.0 Å². The quantitative estimate of drug-likeness (QED) is 0.678. The molecule has 0 aliphatic carbocycles. The Morgan fingerprint density at radius 2 is 2.20 bits per heavy atom. The molecular weight excluding hydrogens is 328 g/mol. The number of anilines is 1. The zero-order chi connectivity index (χ0) is 14.7. The molecule has 0 atom stereocenters. The lowest BCUT2D eigenvalue weighted by molar-refractivity contribution is -0.385. The van der Waals surface area contributed by atoms with Gasteiger partial charge in [0.1, 0.15) is 16.1 Å². The topological polar surface area (TPSA) is 104 Å². The standard InChI is InChI=1S/C12H11BrN4O3/c1-2-10-15-9(14)6-11(16-10)20-8-5-3-4-7(12(8)13)17(18)19/h3-6H,2H2,1H3,(H2,14,15,16). The number of rotatable bonds is 4. The van der Waals surface area contributed by atoms with E-state index < -0.39 is 4.92 Å². The van der Waals surface area contributed by atoms with Crippen LogP contribution in [-0.4, -0.2) is 14.9 Å². The van der Waals surface area contributed by atoms with Gasteiger partial charge in [0.25, 0.3) is 5.69 Å². The second kappa shape index (κ2) is 5.83. The summed E-state index contributed by atoms with van der Waals surface area (Å²) in [7, 11) is 0. The molecule has 0 unspecified atom stereocenters. The lowest BCUT2D eigenvalue weighted by Crippen LogP contribution is -2.01. The summed E-state index contributed by atoms with van der Waals surface area (Å²) in [5.41, 5.74) is 5.57. The summed E-state index contributed by atoms with van der Waals surface area (Å²) in [6.07, 6.45) is 0.609. The van der Waals surface area contributed by atoms with Gasteiger partial charge in [-0.2, -0.15) is 4.98 Å². The monoisotopic (exact) mass is 338 g/mol. The van der Waals surface area contributed by atoms with E-state index in [1.54, 1.807) is 6.07 Å². The maximum atomic E-state index is 10.9. The molecule has 0 aliphatic heterocycles. The van der Waals surface area contributed by atoms with Crippen LogP contribution in [0.15, 0.2) is 28.7 Å². The molecule has 0 spiro atoms. The fraction of sp³-hybridized carbons (Fsp3) is 0.167. The normalized spacial score (nSPS) is 10.3. The molecule has 0 amide bonds. The van der Waals surface area contributed by atoms with E-state index in [-0.39, 0.29) is 21.9 Å². The van der Waals surface area contributed by atoms with Crippen LogP contribution in [0.4, 0.5) is 11.5 Å². The SMILES string of the molecule is CCc1nc(N)cc(Oc2cccc([N+](=O)[O-])c2Br)n1. The van der Waals surface area contributed by atoms with Crippen molar-refractivity contribution in [1.82, 2.24) is 9.97 Å². The summed E-state index contributed by atoms with van der Waals surface area (Å²) in [6, 6.07) is 5.97. The highest BCUT2D eigenvalue weighted by molar-refractivity contribution is 9.10. The summed E-state index contributed by atoms with van der Waals surface area (Å²) in [5.74, 6) is 1.37. The van der Waals surface area contributed by atoms with Gasteiger partial charge in [0.05, 0.1) is 4.92 Å². The molecule has 2 N–H and O–H groups in total. The number of benzene rings is 1. The predicted molar refractivity (Wildman–Crippen MR) is 76.7 cm³/mol. The number of aryl methyl sites for hydroxylation is 1. The highest BCUT2D eigenvalue weighted by Crippen LogP contribution is 2.36. The molecule has 104 valence electrons. The molecule has 0 radical (unpaired) electrons. The van der Waals surface area contributed by atoms with Crippen molar-refractivity contribution in [3.8, 4) is 11.6 Å². The molecule has 20 heavy (non-hydrogen) atoms. The van der Waals surface area contributed by atoms with Crippen molar-refractivity contribution in [2.24, 2.45) is 0 Å². The minimum absolute atomic E-state index is 0.0831. The van der Waals surface area contributed by atoms with Crippen molar-refractivity contribution in [2.45, 2.75) is 13.3 Å². The minimum atomic E-state index is -0.497. The molecule has 0 saturated carbocycles. The minimum Gasteiger partial charge on any atom is -0.437 e. The van der Waals surface area contributed by atoms with Crippen LogP contribution in [0.2, 0.25) is 0 Å². The molecule has 1 aromatic heterocycles. The number of nitrogen functional groups attached to an aromatic ring is 1. The number of nitro groups is 1. The number of hydrogen-bond acceptors (Lipinski definition) is 6. The van der Waals surface area contributed by atoms with Crippen LogP contribution in [0.3, 0.4) is 0 Å². The van der Waals surface area contributed by atoms with Crippen molar-refractivity contribution in [1.29, 1.82) is 0 Å². The van der Waals surface area contributed by atoms with E-state index in [4.69, 9.17) is 10.5 Å². The van der Waals surface area contributed by atoms with Crippen LogP contribution in [0, 0.1) is 10.1 Å². The average molecular weight is 339 g/mol. The molecule has 0 fully saturated rings. The zero-order valence-electron chi connectivity index (χ0n) is 10.5. The van der Waals surface area contributed by atoms with Gasteiger partial charge in [-0.3, -0.25) is 10.1 Å². The van der Waals surface area contributed by atoms with E-state index in [2.05, 4.69) is 25.9 Å². The van der Waals surface area contributed by atoms with Gasteiger partial charge in [0, 0.05) is 18.6 Å². The summed E-state index contributed by atoms with van der Waals surface area (Å²) < 4.78 is 5.79. The van der Waals surface area contributed by atoms with Gasteiger partial charge >= 0.3 is 0 Å². The molecule has 0 aliphatic rings. The molecule has 7 nitrogen and oxygen atoms in total. The van der Waals surface area contributed by atoms with E-state index in [0.717, 1.165) is 0 Å². The highest BCUT2D eigenvalue weighted by atomic mass is 79.9. The number of ether oxygens (including phenoxy) is 1. The fourth-order valence-corrected chi connectivity index (χ4v) is 2.02. The van der Waals surface area contributed by atoms with Crippen molar-refractivity contribution >= 4 is 27.4 Å². The number of halogens is 1. The van der Waals surface area contributed by atoms with Crippen molar-refractivity contribution < 1.29 is 9.66 Å². The molecule has 2 aromatic rings. The van der Waals surface area contributed by atoms with Crippen LogP contribution in [0.1, 0.15) is 12.7 Å². The Labute approximate surface area is 123 Å². The average Bonchev–Trinajstić information content (AvgIpc) is 2.40. The Kier molecular flexibility index (Phi) is 4.14. The Morgan fingerprint density at radius 3 is 2.85 bits per heavy atom. The smallest absolute Gasteiger partial charge is 0.287 e. The fourth-order valence-electron chi connectivity index (χ4n) is 1.53. The van der Waals surface area contributed by atoms with E-state index in [0.29, 0.717) is 18.0 Å². The van der Waals surface area contributed by atoms with Crippen LogP contribution in [0.5, 0.6) is 11.6 Å². The molecule has 8 heteroatoms. The summed E-state index contributed by atoms with van der Waals surface area (Å²) in [5, 5.41) is 10.9. The third kappa shape index (κ3) is 3.02. The largest absolute Gasteiger partial charge is 0.437 e. The number of nitrogens with two attached hydrogens (primary N) is 1. The molecule has 0 saturated heterocycles. The lowest BCUT2D eigenvalue weighted by atomic mass is 10.3. The van der Waals surface area contributed by atoms with Gasteiger partial charge < -0.3 is 10.5 Å². The first kappa shape index (κ1) is 14.2. The van der Waals surface area contributed by atoms with Gasteiger partial charge in [0.2, 0.25) is 5.88 Å². The van der Waals surface area contributed by atoms with E-state index in [9.17, 15) is 10.1 Å². The van der Waals surface area contributed by atoms with E-state index >= 15 is 0 Å². The van der Waals surface area contributed by atoms with Crippen molar-refractivity contribution in [3.63, 3.8) is 0 Å². The number of hydrogen-bond donors (Lipinski definition) is 1. The second-order valence-corrected chi connectivity index (χ2v) is 4.64. The summed E-state index contributed by atoms with van der Waals surface area (Å²) in [6.45, 7) is 1.89. The molecule has 1 aromatic carbocycles. The Bertz CT molecular complexity index is 663. The molecule has 1 heterocycles. The van der Waals surface area contributed by atoms with Gasteiger partial charge in [0.15, 0.2) is 5.75 Å². The summed E-state index contributed by atoms with van der Waals surface area (Å²) >= 11 is 3.15. The predicted octanol–water partition coefficient (Wildman–Crippen LogP) is 3.08. The number of nitrogens with zero attached hydrogens (tertiary/aromatic N) is 3. The van der Waals surface area contributed by atoms with E-state index in [1.165, 1.54) is 18.2 Å². The molecule has 2 rings (SSSR count).